The van der Waals surface area contributed by atoms with Gasteiger partial charge < -0.3 is 5.32 Å². The molecule has 0 fully saturated rings. The molecule has 1 heterocycles. The molecule has 0 saturated heterocycles. The maximum atomic E-state index is 12.1. The highest BCUT2D eigenvalue weighted by atomic mass is 32.2. The van der Waals surface area contributed by atoms with E-state index in [4.69, 9.17) is 0 Å². The van der Waals surface area contributed by atoms with Gasteiger partial charge in [-0.15, -0.1) is 0 Å². The Kier molecular flexibility index (Phi) is 3.10. The summed E-state index contributed by atoms with van der Waals surface area (Å²) in [4.78, 5) is 0.500. The molecule has 1 N–H and O–H groups in total. The summed E-state index contributed by atoms with van der Waals surface area (Å²) in [5.41, 5.74) is 2.59. The molecule has 3 nitrogen and oxygen atoms in total. The number of fused-ring (bicyclic) bond motifs is 1. The Balaban J connectivity index is 2.54. The first kappa shape index (κ1) is 12.3. The Morgan fingerprint density at radius 2 is 2.06 bits per heavy atom. The number of hydrogen-bond acceptors (Lipinski definition) is 3. The lowest BCUT2D eigenvalue weighted by Crippen LogP contribution is -2.24. The second kappa shape index (κ2) is 4.27. The monoisotopic (exact) mass is 251 g/mol. The van der Waals surface area contributed by atoms with Gasteiger partial charge in [-0.25, -0.2) is 8.42 Å². The Morgan fingerprint density at radius 3 is 2.71 bits per heavy atom. The van der Waals surface area contributed by atoms with Crippen molar-refractivity contribution in [2.24, 2.45) is 0 Å². The van der Waals surface area contributed by atoms with Gasteiger partial charge in [-0.2, -0.15) is 0 Å². The number of hydrogen-bond donors (Lipinski definition) is 1. The number of nitrogens with one attached hydrogen (secondary N) is 1. The minimum atomic E-state index is -3.23. The molecule has 0 aliphatic carbocycles. The van der Waals surface area contributed by atoms with E-state index >= 15 is 0 Å². The molecule has 0 spiro atoms. The van der Waals surface area contributed by atoms with Crippen LogP contribution in [0.1, 0.15) is 25.0 Å². The number of benzene rings is 1. The largest absolute Gasteiger partial charge is 0.317 e. The molecule has 0 saturated carbocycles. The number of allylic oxidation sites excluding steroid dienone is 1. The van der Waals surface area contributed by atoms with Crippen molar-refractivity contribution in [3.63, 3.8) is 0 Å². The first-order valence-electron chi connectivity index (χ1n) is 5.68. The van der Waals surface area contributed by atoms with Crippen molar-refractivity contribution in [1.82, 2.24) is 5.32 Å². The number of rotatable bonds is 3. The fraction of sp³-hybridized carbons (Fsp3) is 0.385. The van der Waals surface area contributed by atoms with Crippen molar-refractivity contribution in [2.75, 3.05) is 7.05 Å². The Morgan fingerprint density at radius 1 is 1.35 bits per heavy atom. The van der Waals surface area contributed by atoms with E-state index in [9.17, 15) is 8.42 Å². The van der Waals surface area contributed by atoms with E-state index in [1.165, 1.54) is 5.41 Å². The van der Waals surface area contributed by atoms with E-state index in [2.05, 4.69) is 5.32 Å². The van der Waals surface area contributed by atoms with Gasteiger partial charge in [-0.05, 0) is 44.0 Å². The molecule has 0 amide bonds. The molecule has 0 aromatic heterocycles. The normalized spacial score (nSPS) is 18.6. The predicted octanol–water partition coefficient (Wildman–Crippen LogP) is 1.99. The SMILES string of the molecule is CNC(C)Cc1cccc2c1S(=O)(=O)C=C2C. The highest BCUT2D eigenvalue weighted by molar-refractivity contribution is 7.95. The smallest absolute Gasteiger partial charge is 0.200 e. The van der Waals surface area contributed by atoms with Gasteiger partial charge >= 0.3 is 0 Å². The van der Waals surface area contributed by atoms with Crippen molar-refractivity contribution in [3.8, 4) is 0 Å². The molecule has 0 bridgehead atoms. The third-order valence-corrected chi connectivity index (χ3v) is 4.87. The Labute approximate surface area is 102 Å². The zero-order valence-electron chi connectivity index (χ0n) is 10.3. The summed E-state index contributed by atoms with van der Waals surface area (Å²) in [6.07, 6.45) is 0.722. The standard InChI is InChI=1S/C13H17NO2S/c1-9-8-17(15,16)13-11(7-10(2)14-3)5-4-6-12(9)13/h4-6,8,10,14H,7H2,1-3H3. The first-order valence-corrected chi connectivity index (χ1v) is 7.23. The quantitative estimate of drug-likeness (QED) is 0.893. The van der Waals surface area contributed by atoms with Gasteiger partial charge in [-0.3, -0.25) is 0 Å². The fourth-order valence-electron chi connectivity index (χ4n) is 2.18. The molecule has 92 valence electrons. The van der Waals surface area contributed by atoms with Crippen molar-refractivity contribution < 1.29 is 8.42 Å². The van der Waals surface area contributed by atoms with Gasteiger partial charge in [0.05, 0.1) is 4.90 Å². The molecule has 1 aromatic carbocycles. The van der Waals surface area contributed by atoms with Crippen LogP contribution in [0.15, 0.2) is 28.5 Å². The van der Waals surface area contributed by atoms with Crippen LogP contribution in [0.4, 0.5) is 0 Å². The van der Waals surface area contributed by atoms with E-state index in [0.717, 1.165) is 23.1 Å². The van der Waals surface area contributed by atoms with Crippen LogP contribution in [0.2, 0.25) is 0 Å². The van der Waals surface area contributed by atoms with Crippen LogP contribution in [-0.2, 0) is 16.3 Å². The summed E-state index contributed by atoms with van der Waals surface area (Å²) in [5, 5.41) is 4.50. The zero-order chi connectivity index (χ0) is 12.6. The highest BCUT2D eigenvalue weighted by Crippen LogP contribution is 2.35. The first-order chi connectivity index (χ1) is 7.95. The minimum Gasteiger partial charge on any atom is -0.317 e. The van der Waals surface area contributed by atoms with Gasteiger partial charge in [0.2, 0.25) is 9.84 Å². The lowest BCUT2D eigenvalue weighted by Gasteiger charge is -2.13. The summed E-state index contributed by atoms with van der Waals surface area (Å²) in [6, 6.07) is 5.96. The van der Waals surface area contributed by atoms with Crippen LogP contribution >= 0.6 is 0 Å². The zero-order valence-corrected chi connectivity index (χ0v) is 11.1. The van der Waals surface area contributed by atoms with Crippen LogP contribution in [0.3, 0.4) is 0 Å². The van der Waals surface area contributed by atoms with Gasteiger partial charge in [0, 0.05) is 11.4 Å². The van der Waals surface area contributed by atoms with Crippen molar-refractivity contribution >= 4 is 15.4 Å². The Bertz CT molecular complexity index is 573. The van der Waals surface area contributed by atoms with Crippen molar-refractivity contribution in [3.05, 3.63) is 34.7 Å². The molecule has 1 aliphatic rings. The third kappa shape index (κ3) is 2.15. The lowest BCUT2D eigenvalue weighted by molar-refractivity contribution is 0.591. The molecule has 1 unspecified atom stereocenters. The molecule has 17 heavy (non-hydrogen) atoms. The molecule has 0 radical (unpaired) electrons. The summed E-state index contributed by atoms with van der Waals surface area (Å²) in [5.74, 6) is 0. The lowest BCUT2D eigenvalue weighted by atomic mass is 10.0. The number of likely N-dealkylation sites (N-methyl/N-ethyl adjacent to an activating group) is 1. The van der Waals surface area contributed by atoms with Crippen LogP contribution in [-0.4, -0.2) is 21.5 Å². The topological polar surface area (TPSA) is 46.2 Å². The van der Waals surface area contributed by atoms with E-state index in [-0.39, 0.29) is 6.04 Å². The van der Waals surface area contributed by atoms with E-state index in [0.29, 0.717) is 4.90 Å². The van der Waals surface area contributed by atoms with Gasteiger partial charge in [-0.1, -0.05) is 18.2 Å². The average molecular weight is 251 g/mol. The molecular formula is C13H17NO2S. The third-order valence-electron chi connectivity index (χ3n) is 3.16. The predicted molar refractivity (Wildman–Crippen MR) is 69.5 cm³/mol. The van der Waals surface area contributed by atoms with E-state index < -0.39 is 9.84 Å². The molecule has 1 aliphatic heterocycles. The highest BCUT2D eigenvalue weighted by Gasteiger charge is 2.27. The van der Waals surface area contributed by atoms with Gasteiger partial charge in [0.15, 0.2) is 0 Å². The molecular weight excluding hydrogens is 234 g/mol. The van der Waals surface area contributed by atoms with Crippen LogP contribution < -0.4 is 5.32 Å². The molecule has 2 rings (SSSR count). The number of sulfone groups is 1. The molecule has 4 heteroatoms. The van der Waals surface area contributed by atoms with Crippen molar-refractivity contribution in [1.29, 1.82) is 0 Å². The van der Waals surface area contributed by atoms with Gasteiger partial charge in [0.1, 0.15) is 0 Å². The summed E-state index contributed by atoms with van der Waals surface area (Å²) in [7, 11) is -1.35. The maximum Gasteiger partial charge on any atom is 0.200 e. The van der Waals surface area contributed by atoms with Crippen LogP contribution in [0, 0.1) is 0 Å². The molecule has 1 atom stereocenters. The Hall–Kier alpha value is -1.13. The van der Waals surface area contributed by atoms with E-state index in [1.807, 2.05) is 39.1 Å². The van der Waals surface area contributed by atoms with Crippen LogP contribution in [0.25, 0.3) is 5.57 Å². The fourth-order valence-corrected chi connectivity index (χ4v) is 3.94. The van der Waals surface area contributed by atoms with Crippen LogP contribution in [0.5, 0.6) is 0 Å². The second-order valence-corrected chi connectivity index (χ2v) is 6.27. The van der Waals surface area contributed by atoms with Gasteiger partial charge in [0.25, 0.3) is 0 Å². The van der Waals surface area contributed by atoms with Crippen molar-refractivity contribution in [2.45, 2.75) is 31.2 Å². The summed E-state index contributed by atoms with van der Waals surface area (Å²) >= 11 is 0. The summed E-state index contributed by atoms with van der Waals surface area (Å²) < 4.78 is 24.1. The second-order valence-electron chi connectivity index (χ2n) is 4.53. The average Bonchev–Trinajstić information content (AvgIpc) is 2.50. The molecule has 1 aromatic rings. The maximum absolute atomic E-state index is 12.1. The summed E-state index contributed by atoms with van der Waals surface area (Å²) in [6.45, 7) is 3.88. The van der Waals surface area contributed by atoms with E-state index in [1.54, 1.807) is 0 Å². The minimum absolute atomic E-state index is 0.262.